The molecule has 146 valence electrons. The summed E-state index contributed by atoms with van der Waals surface area (Å²) >= 11 is 0. The average molecular weight is 367 g/mol. The molecule has 1 aliphatic rings. The van der Waals surface area contributed by atoms with E-state index in [2.05, 4.69) is 5.32 Å². The van der Waals surface area contributed by atoms with Crippen molar-refractivity contribution in [2.75, 3.05) is 13.7 Å². The number of carbonyl (C=O) groups is 1. The molecule has 1 fully saturated rings. The lowest BCUT2D eigenvalue weighted by molar-refractivity contribution is -0.151. The number of nitrogens with one attached hydrogen (secondary N) is 1. The molecule has 0 aliphatic carbocycles. The van der Waals surface area contributed by atoms with Crippen LogP contribution in [-0.2, 0) is 14.2 Å². The summed E-state index contributed by atoms with van der Waals surface area (Å²) in [5.74, 6) is -0.161. The molecule has 3 atom stereocenters. The summed E-state index contributed by atoms with van der Waals surface area (Å²) in [6.45, 7) is 8.70. The number of aliphatic hydroxyl groups excluding tert-OH is 1. The Hall–Kier alpha value is -1.83. The van der Waals surface area contributed by atoms with Crippen molar-refractivity contribution < 1.29 is 28.8 Å². The monoisotopic (exact) mass is 367 g/mol. The predicted molar refractivity (Wildman–Crippen MR) is 96.0 cm³/mol. The van der Waals surface area contributed by atoms with Crippen LogP contribution in [0.3, 0.4) is 0 Å². The minimum Gasteiger partial charge on any atom is -0.497 e. The third-order valence-corrected chi connectivity index (χ3v) is 3.88. The smallest absolute Gasteiger partial charge is 0.408 e. The van der Waals surface area contributed by atoms with Gasteiger partial charge >= 0.3 is 6.09 Å². The second kappa shape index (κ2) is 7.82. The molecule has 0 aromatic heterocycles. The first-order valence-electron chi connectivity index (χ1n) is 8.64. The summed E-state index contributed by atoms with van der Waals surface area (Å²) in [6.07, 6.45) is -1.72. The van der Waals surface area contributed by atoms with Crippen molar-refractivity contribution in [3.05, 3.63) is 29.8 Å². The van der Waals surface area contributed by atoms with Crippen molar-refractivity contribution in [3.63, 3.8) is 0 Å². The summed E-state index contributed by atoms with van der Waals surface area (Å²) in [4.78, 5) is 12.4. The minimum absolute atomic E-state index is 0.225. The molecule has 0 spiro atoms. The highest BCUT2D eigenvalue weighted by atomic mass is 16.8. The number of hydrogen-bond acceptors (Lipinski definition) is 6. The van der Waals surface area contributed by atoms with Gasteiger partial charge in [-0.1, -0.05) is 12.1 Å². The van der Waals surface area contributed by atoms with Crippen molar-refractivity contribution >= 4 is 6.09 Å². The van der Waals surface area contributed by atoms with Gasteiger partial charge < -0.3 is 29.4 Å². The molecule has 1 aromatic carbocycles. The lowest BCUT2D eigenvalue weighted by Gasteiger charge is -2.29. The van der Waals surface area contributed by atoms with E-state index in [1.54, 1.807) is 53.9 Å². The van der Waals surface area contributed by atoms with E-state index in [-0.39, 0.29) is 6.61 Å². The summed E-state index contributed by atoms with van der Waals surface area (Å²) in [6, 6.07) is 6.71. The van der Waals surface area contributed by atoms with E-state index in [4.69, 9.17) is 18.9 Å². The molecule has 7 heteroatoms. The number of carbonyl (C=O) groups excluding carboxylic acids is 1. The summed E-state index contributed by atoms with van der Waals surface area (Å²) in [7, 11) is 1.59. The first kappa shape index (κ1) is 20.5. The zero-order chi connectivity index (χ0) is 19.5. The summed E-state index contributed by atoms with van der Waals surface area (Å²) < 4.78 is 22.3. The molecule has 2 N–H and O–H groups in total. The van der Waals surface area contributed by atoms with Gasteiger partial charge in [-0.3, -0.25) is 0 Å². The molecule has 2 rings (SSSR count). The van der Waals surface area contributed by atoms with Crippen LogP contribution < -0.4 is 10.1 Å². The maximum atomic E-state index is 12.4. The molecule has 1 amide bonds. The molecule has 1 heterocycles. The van der Waals surface area contributed by atoms with Crippen LogP contribution in [0.2, 0.25) is 0 Å². The van der Waals surface area contributed by atoms with E-state index in [0.717, 1.165) is 5.56 Å². The highest BCUT2D eigenvalue weighted by Crippen LogP contribution is 2.35. The van der Waals surface area contributed by atoms with Gasteiger partial charge in [-0.05, 0) is 52.3 Å². The van der Waals surface area contributed by atoms with E-state index < -0.39 is 35.7 Å². The van der Waals surface area contributed by atoms with Gasteiger partial charge in [0.1, 0.15) is 23.6 Å². The quantitative estimate of drug-likeness (QED) is 0.832. The Kier molecular flexibility index (Phi) is 6.16. The fraction of sp³-hybridized carbons (Fsp3) is 0.632. The van der Waals surface area contributed by atoms with Gasteiger partial charge in [0.2, 0.25) is 0 Å². The van der Waals surface area contributed by atoms with Crippen LogP contribution in [0.15, 0.2) is 24.3 Å². The molecule has 7 nitrogen and oxygen atoms in total. The first-order valence-corrected chi connectivity index (χ1v) is 8.64. The maximum absolute atomic E-state index is 12.4. The van der Waals surface area contributed by atoms with Crippen LogP contribution >= 0.6 is 0 Å². The van der Waals surface area contributed by atoms with Crippen molar-refractivity contribution in [1.29, 1.82) is 0 Å². The normalized spacial score (nSPS) is 23.3. The Labute approximate surface area is 154 Å². The number of hydrogen-bond donors (Lipinski definition) is 2. The molecule has 0 radical (unpaired) electrons. The van der Waals surface area contributed by atoms with Crippen LogP contribution in [0.1, 0.15) is 46.2 Å². The van der Waals surface area contributed by atoms with Crippen molar-refractivity contribution in [2.24, 2.45) is 0 Å². The molecule has 0 bridgehead atoms. The van der Waals surface area contributed by atoms with Crippen LogP contribution in [0.4, 0.5) is 4.79 Å². The van der Waals surface area contributed by atoms with Crippen LogP contribution in [-0.4, -0.2) is 48.5 Å². The molecular weight excluding hydrogens is 338 g/mol. The van der Waals surface area contributed by atoms with Gasteiger partial charge in [-0.2, -0.15) is 0 Å². The SMILES string of the molecule is COc1ccc([C@@H](NC(=O)OC(C)(C)C)[C@@H]2OC(C)(C)O[C@H]2CO)cc1. The summed E-state index contributed by atoms with van der Waals surface area (Å²) in [5, 5.41) is 12.6. The largest absolute Gasteiger partial charge is 0.497 e. The van der Waals surface area contributed by atoms with Gasteiger partial charge in [0.25, 0.3) is 0 Å². The molecule has 0 saturated carbocycles. The van der Waals surface area contributed by atoms with Crippen LogP contribution in [0.5, 0.6) is 5.75 Å². The number of alkyl carbamates (subject to hydrolysis) is 1. The van der Waals surface area contributed by atoms with Gasteiger partial charge in [-0.15, -0.1) is 0 Å². The molecule has 1 aliphatic heterocycles. The Bertz CT molecular complexity index is 607. The van der Waals surface area contributed by atoms with Crippen LogP contribution in [0, 0.1) is 0 Å². The van der Waals surface area contributed by atoms with Gasteiger partial charge in [0.05, 0.1) is 19.8 Å². The second-order valence-corrected chi connectivity index (χ2v) is 7.72. The van der Waals surface area contributed by atoms with E-state index >= 15 is 0 Å². The number of rotatable bonds is 5. The molecule has 0 unspecified atom stereocenters. The topological polar surface area (TPSA) is 86.3 Å². The summed E-state index contributed by atoms with van der Waals surface area (Å²) in [5.41, 5.74) is 0.165. The van der Waals surface area contributed by atoms with Gasteiger partial charge in [0, 0.05) is 0 Å². The van der Waals surface area contributed by atoms with Gasteiger partial charge in [0.15, 0.2) is 5.79 Å². The first-order chi connectivity index (χ1) is 12.0. The lowest BCUT2D eigenvalue weighted by atomic mass is 9.97. The fourth-order valence-corrected chi connectivity index (χ4v) is 2.89. The predicted octanol–water partition coefficient (Wildman–Crippen LogP) is 2.77. The van der Waals surface area contributed by atoms with Crippen molar-refractivity contribution in [1.82, 2.24) is 5.32 Å². The molecule has 26 heavy (non-hydrogen) atoms. The number of ether oxygens (including phenoxy) is 4. The average Bonchev–Trinajstić information content (AvgIpc) is 2.86. The van der Waals surface area contributed by atoms with Gasteiger partial charge in [-0.25, -0.2) is 4.79 Å². The highest BCUT2D eigenvalue weighted by molar-refractivity contribution is 5.68. The zero-order valence-electron chi connectivity index (χ0n) is 16.2. The van der Waals surface area contributed by atoms with Crippen molar-refractivity contribution in [3.8, 4) is 5.75 Å². The third kappa shape index (κ3) is 5.33. The van der Waals surface area contributed by atoms with E-state index in [1.165, 1.54) is 0 Å². The minimum atomic E-state index is -0.863. The molecule has 1 saturated heterocycles. The third-order valence-electron chi connectivity index (χ3n) is 3.88. The van der Waals surface area contributed by atoms with E-state index in [9.17, 15) is 9.90 Å². The highest BCUT2D eigenvalue weighted by Gasteiger charge is 2.46. The number of methoxy groups -OCH3 is 1. The fourth-order valence-electron chi connectivity index (χ4n) is 2.89. The van der Waals surface area contributed by atoms with E-state index in [1.807, 2.05) is 12.1 Å². The van der Waals surface area contributed by atoms with E-state index in [0.29, 0.717) is 5.75 Å². The zero-order valence-corrected chi connectivity index (χ0v) is 16.2. The Morgan fingerprint density at radius 1 is 1.27 bits per heavy atom. The Morgan fingerprint density at radius 2 is 1.88 bits per heavy atom. The lowest BCUT2D eigenvalue weighted by Crippen LogP contribution is -2.44. The van der Waals surface area contributed by atoms with Crippen LogP contribution in [0.25, 0.3) is 0 Å². The molecular formula is C19H29NO6. The molecule has 1 aromatic rings. The Morgan fingerprint density at radius 3 is 2.38 bits per heavy atom. The number of amides is 1. The standard InChI is InChI=1S/C19H29NO6/c1-18(2,3)26-17(22)20-15(12-7-9-13(23-6)10-8-12)16-14(11-21)24-19(4,5)25-16/h7-10,14-16,21H,11H2,1-6H3,(H,20,22)/t14-,15+,16+/m0/s1. The number of benzene rings is 1. The Balaban J connectivity index is 2.30. The van der Waals surface area contributed by atoms with Crippen molar-refractivity contribution in [2.45, 2.75) is 64.3 Å². The maximum Gasteiger partial charge on any atom is 0.408 e. The number of aliphatic hydroxyl groups is 1. The second-order valence-electron chi connectivity index (χ2n) is 7.72.